The molecule has 5 aromatic rings. The van der Waals surface area contributed by atoms with E-state index in [1.54, 1.807) is 35.0 Å². The number of anilines is 2. The van der Waals surface area contributed by atoms with E-state index in [9.17, 15) is 4.79 Å². The van der Waals surface area contributed by atoms with Gasteiger partial charge >= 0.3 is 0 Å². The van der Waals surface area contributed by atoms with E-state index in [0.29, 0.717) is 44.4 Å². The Kier molecular flexibility index (Phi) is 5.02. The lowest BCUT2D eigenvalue weighted by Gasteiger charge is -2.13. The lowest BCUT2D eigenvalue weighted by Crippen LogP contribution is -2.23. The number of para-hydroxylation sites is 1. The van der Waals surface area contributed by atoms with Crippen molar-refractivity contribution in [2.75, 3.05) is 5.32 Å². The van der Waals surface area contributed by atoms with Crippen LogP contribution in [-0.2, 0) is 5.88 Å². The summed E-state index contributed by atoms with van der Waals surface area (Å²) in [7, 11) is 0. The Morgan fingerprint density at radius 2 is 1.74 bits per heavy atom. The predicted molar refractivity (Wildman–Crippen MR) is 123 cm³/mol. The van der Waals surface area contributed by atoms with E-state index in [4.69, 9.17) is 34.8 Å². The highest BCUT2D eigenvalue weighted by molar-refractivity contribution is 6.37. The third-order valence-electron chi connectivity index (χ3n) is 4.78. The molecule has 0 spiro atoms. The van der Waals surface area contributed by atoms with Gasteiger partial charge in [-0.2, -0.15) is 4.98 Å². The molecule has 0 radical (unpaired) electrons. The normalized spacial score (nSPS) is 11.3. The van der Waals surface area contributed by atoms with Crippen LogP contribution >= 0.6 is 34.8 Å². The molecule has 0 aliphatic heterocycles. The summed E-state index contributed by atoms with van der Waals surface area (Å²) in [5.74, 6) is 1.12. The Bertz CT molecular complexity index is 1470. The SMILES string of the molecule is O=c1c2cnc(Nc3ccc(CCl)cc3)nc2n2ccnc2n1-c1c(Cl)cccc1Cl. The van der Waals surface area contributed by atoms with E-state index in [2.05, 4.69) is 20.3 Å². The Hall–Kier alpha value is -3.13. The minimum absolute atomic E-state index is 0.296. The van der Waals surface area contributed by atoms with Gasteiger partial charge in [-0.25, -0.2) is 14.5 Å². The van der Waals surface area contributed by atoms with Crippen LogP contribution in [0.2, 0.25) is 10.0 Å². The molecule has 0 saturated carbocycles. The highest BCUT2D eigenvalue weighted by Gasteiger charge is 2.19. The minimum atomic E-state index is -0.373. The number of nitrogens with zero attached hydrogens (tertiary/aromatic N) is 5. The van der Waals surface area contributed by atoms with Gasteiger partial charge in [-0.1, -0.05) is 41.4 Å². The van der Waals surface area contributed by atoms with Crippen LogP contribution in [-0.4, -0.2) is 23.9 Å². The number of hydrogen-bond donors (Lipinski definition) is 1. The highest BCUT2D eigenvalue weighted by Crippen LogP contribution is 2.29. The summed E-state index contributed by atoms with van der Waals surface area (Å²) in [6.45, 7) is 0. The molecule has 3 heterocycles. The molecule has 0 bridgehead atoms. The first-order valence-corrected chi connectivity index (χ1v) is 10.5. The molecule has 7 nitrogen and oxygen atoms in total. The molecule has 10 heteroatoms. The minimum Gasteiger partial charge on any atom is -0.324 e. The Balaban J connectivity index is 1.69. The van der Waals surface area contributed by atoms with E-state index < -0.39 is 0 Å². The zero-order valence-electron chi connectivity index (χ0n) is 15.8. The number of fused-ring (bicyclic) bond motifs is 3. The molecule has 0 saturated heterocycles. The van der Waals surface area contributed by atoms with Gasteiger partial charge in [-0.05, 0) is 29.8 Å². The molecular weight excluding hydrogens is 459 g/mol. The van der Waals surface area contributed by atoms with Gasteiger partial charge in [0.05, 0.1) is 15.7 Å². The van der Waals surface area contributed by atoms with Crippen molar-refractivity contribution in [3.8, 4) is 5.69 Å². The number of alkyl halides is 1. The first-order chi connectivity index (χ1) is 15.1. The highest BCUT2D eigenvalue weighted by atomic mass is 35.5. The lowest BCUT2D eigenvalue weighted by molar-refractivity contribution is 0.962. The van der Waals surface area contributed by atoms with Gasteiger partial charge in [0, 0.05) is 30.2 Å². The number of aromatic nitrogens is 5. The second kappa shape index (κ2) is 7.85. The van der Waals surface area contributed by atoms with Crippen molar-refractivity contribution < 1.29 is 0 Å². The number of nitrogens with one attached hydrogen (secondary N) is 1. The van der Waals surface area contributed by atoms with Gasteiger partial charge in [0.1, 0.15) is 5.39 Å². The third kappa shape index (κ3) is 3.40. The average Bonchev–Trinajstić information content (AvgIpc) is 3.26. The quantitative estimate of drug-likeness (QED) is 0.364. The topological polar surface area (TPSA) is 77.1 Å². The van der Waals surface area contributed by atoms with Crippen molar-refractivity contribution in [3.63, 3.8) is 0 Å². The number of imidazole rings is 1. The maximum absolute atomic E-state index is 13.4. The van der Waals surface area contributed by atoms with Crippen molar-refractivity contribution in [2.45, 2.75) is 5.88 Å². The first kappa shape index (κ1) is 19.8. The molecular formula is C21H13Cl3N6O. The lowest BCUT2D eigenvalue weighted by atomic mass is 10.2. The summed E-state index contributed by atoms with van der Waals surface area (Å²) in [5, 5.41) is 4.10. The fourth-order valence-electron chi connectivity index (χ4n) is 3.32. The number of benzene rings is 2. The molecule has 0 atom stereocenters. The number of rotatable bonds is 4. The van der Waals surface area contributed by atoms with Crippen LogP contribution in [0.1, 0.15) is 5.56 Å². The fourth-order valence-corrected chi connectivity index (χ4v) is 4.06. The van der Waals surface area contributed by atoms with Crippen molar-refractivity contribution >= 4 is 63.2 Å². The van der Waals surface area contributed by atoms with Gasteiger partial charge in [-0.3, -0.25) is 9.20 Å². The van der Waals surface area contributed by atoms with Crippen molar-refractivity contribution in [3.05, 3.63) is 87.0 Å². The molecule has 31 heavy (non-hydrogen) atoms. The molecule has 1 N–H and O–H groups in total. The van der Waals surface area contributed by atoms with Gasteiger partial charge < -0.3 is 5.32 Å². The van der Waals surface area contributed by atoms with E-state index in [1.165, 1.54) is 10.8 Å². The predicted octanol–water partition coefficient (Wildman–Crippen LogP) is 5.22. The summed E-state index contributed by atoms with van der Waals surface area (Å²) in [4.78, 5) is 26.6. The standard InChI is InChI=1S/C21H13Cl3N6O/c22-10-12-4-6-13(7-5-12)27-20-26-11-14-18(28-20)29-9-8-25-21(29)30(19(14)31)17-15(23)2-1-3-16(17)24/h1-9,11H,10H2,(H,26,27,28). The van der Waals surface area contributed by atoms with Crippen LogP contribution in [0, 0.1) is 0 Å². The number of halogens is 3. The van der Waals surface area contributed by atoms with E-state index in [-0.39, 0.29) is 5.56 Å². The van der Waals surface area contributed by atoms with Crippen LogP contribution in [0.15, 0.2) is 65.8 Å². The summed E-state index contributed by atoms with van der Waals surface area (Å²) in [5.41, 5.74) is 2.20. The van der Waals surface area contributed by atoms with Crippen molar-refractivity contribution in [1.82, 2.24) is 23.9 Å². The summed E-state index contributed by atoms with van der Waals surface area (Å²) in [6.07, 6.45) is 4.76. The third-order valence-corrected chi connectivity index (χ3v) is 5.70. The van der Waals surface area contributed by atoms with Crippen molar-refractivity contribution in [2.24, 2.45) is 0 Å². The van der Waals surface area contributed by atoms with Crippen LogP contribution in [0.4, 0.5) is 11.6 Å². The first-order valence-electron chi connectivity index (χ1n) is 9.18. The zero-order valence-corrected chi connectivity index (χ0v) is 18.0. The second-order valence-corrected chi connectivity index (χ2v) is 7.78. The van der Waals surface area contributed by atoms with Crippen molar-refractivity contribution in [1.29, 1.82) is 0 Å². The van der Waals surface area contributed by atoms with Gasteiger partial charge in [0.15, 0.2) is 5.65 Å². The molecule has 0 fully saturated rings. The molecule has 0 aliphatic carbocycles. The van der Waals surface area contributed by atoms with Crippen LogP contribution in [0.25, 0.3) is 22.5 Å². The van der Waals surface area contributed by atoms with Gasteiger partial charge in [-0.15, -0.1) is 11.6 Å². The summed E-state index contributed by atoms with van der Waals surface area (Å²) >= 11 is 18.6. The largest absolute Gasteiger partial charge is 0.324 e. The monoisotopic (exact) mass is 470 g/mol. The van der Waals surface area contributed by atoms with E-state index in [1.807, 2.05) is 24.3 Å². The van der Waals surface area contributed by atoms with Crippen LogP contribution < -0.4 is 10.9 Å². The summed E-state index contributed by atoms with van der Waals surface area (Å²) < 4.78 is 3.06. The molecule has 3 aromatic heterocycles. The van der Waals surface area contributed by atoms with E-state index >= 15 is 0 Å². The molecule has 0 aliphatic rings. The molecule has 0 amide bonds. The Labute approximate surface area is 190 Å². The Morgan fingerprint density at radius 1 is 1.00 bits per heavy atom. The number of hydrogen-bond acceptors (Lipinski definition) is 5. The zero-order chi connectivity index (χ0) is 21.5. The van der Waals surface area contributed by atoms with Gasteiger partial charge in [0.25, 0.3) is 5.56 Å². The molecule has 2 aromatic carbocycles. The second-order valence-electron chi connectivity index (χ2n) is 6.69. The van der Waals surface area contributed by atoms with Gasteiger partial charge in [0.2, 0.25) is 11.7 Å². The average molecular weight is 472 g/mol. The molecule has 0 unspecified atom stereocenters. The smallest absolute Gasteiger partial charge is 0.270 e. The summed E-state index contributed by atoms with van der Waals surface area (Å²) in [6, 6.07) is 12.6. The van der Waals surface area contributed by atoms with E-state index in [0.717, 1.165) is 11.3 Å². The maximum Gasteiger partial charge on any atom is 0.270 e. The molecule has 154 valence electrons. The van der Waals surface area contributed by atoms with Crippen LogP contribution in [0.5, 0.6) is 0 Å². The van der Waals surface area contributed by atoms with Crippen LogP contribution in [0.3, 0.4) is 0 Å². The maximum atomic E-state index is 13.4. The Morgan fingerprint density at radius 3 is 2.45 bits per heavy atom. The fraction of sp³-hybridized carbons (Fsp3) is 0.0476. The molecule has 5 rings (SSSR count).